The van der Waals surface area contributed by atoms with Gasteiger partial charge in [-0.2, -0.15) is 4.37 Å². The van der Waals surface area contributed by atoms with Gasteiger partial charge in [-0.05, 0) is 36.7 Å². The third kappa shape index (κ3) is 2.14. The molecule has 0 spiro atoms. The lowest BCUT2D eigenvalue weighted by atomic mass is 10.2. The summed E-state index contributed by atoms with van der Waals surface area (Å²) in [5.41, 5.74) is 0.864. The summed E-state index contributed by atoms with van der Waals surface area (Å²) in [4.78, 5) is 0. The van der Waals surface area contributed by atoms with Gasteiger partial charge in [-0.1, -0.05) is 0 Å². The van der Waals surface area contributed by atoms with Gasteiger partial charge in [0, 0.05) is 6.07 Å². The molecule has 8 heteroatoms. The Bertz CT molecular complexity index is 758. The molecular formula is C12H11FN2O3S2. The summed E-state index contributed by atoms with van der Waals surface area (Å²) < 4.78 is 49.2. The lowest BCUT2D eigenvalue weighted by Crippen LogP contribution is -2.37. The normalized spacial score (nSPS) is 14.8. The summed E-state index contributed by atoms with van der Waals surface area (Å²) in [6.07, 6.45) is 0. The van der Waals surface area contributed by atoms with Gasteiger partial charge in [-0.25, -0.2) is 12.8 Å². The monoisotopic (exact) mass is 314 g/mol. The Morgan fingerprint density at radius 3 is 2.90 bits per heavy atom. The van der Waals surface area contributed by atoms with Crippen LogP contribution in [0.1, 0.15) is 5.69 Å². The van der Waals surface area contributed by atoms with Crippen molar-refractivity contribution in [1.29, 1.82) is 0 Å². The highest BCUT2D eigenvalue weighted by atomic mass is 32.2. The van der Waals surface area contributed by atoms with Crippen LogP contribution in [0.5, 0.6) is 5.75 Å². The van der Waals surface area contributed by atoms with Crippen molar-refractivity contribution >= 4 is 27.2 Å². The average Bonchev–Trinajstić information content (AvgIpc) is 2.85. The maximum atomic E-state index is 13.4. The smallest absolute Gasteiger partial charge is 0.275 e. The fraction of sp³-hybridized carbons (Fsp3) is 0.250. The van der Waals surface area contributed by atoms with Crippen LogP contribution in [0.2, 0.25) is 0 Å². The molecule has 0 N–H and O–H groups in total. The minimum atomic E-state index is -3.73. The van der Waals surface area contributed by atoms with E-state index in [1.54, 1.807) is 6.92 Å². The zero-order valence-corrected chi connectivity index (χ0v) is 12.2. The Labute approximate surface area is 119 Å². The summed E-state index contributed by atoms with van der Waals surface area (Å²) >= 11 is 0.915. The second kappa shape index (κ2) is 4.71. The highest BCUT2D eigenvalue weighted by Crippen LogP contribution is 2.36. The summed E-state index contributed by atoms with van der Waals surface area (Å²) in [5, 5.41) is 0. The van der Waals surface area contributed by atoms with Crippen molar-refractivity contribution in [2.75, 3.05) is 17.5 Å². The first-order chi connectivity index (χ1) is 9.48. The molecule has 0 bridgehead atoms. The number of benzene rings is 1. The Balaban J connectivity index is 2.10. The van der Waals surface area contributed by atoms with Crippen molar-refractivity contribution in [3.63, 3.8) is 0 Å². The molecular weight excluding hydrogens is 303 g/mol. The first kappa shape index (κ1) is 13.3. The molecule has 0 fully saturated rings. The van der Waals surface area contributed by atoms with E-state index in [4.69, 9.17) is 4.74 Å². The van der Waals surface area contributed by atoms with Crippen LogP contribution in [0.25, 0.3) is 0 Å². The van der Waals surface area contributed by atoms with E-state index in [1.807, 2.05) is 0 Å². The second-order valence-electron chi connectivity index (χ2n) is 4.33. The van der Waals surface area contributed by atoms with Crippen LogP contribution in [-0.4, -0.2) is 25.9 Å². The molecule has 0 radical (unpaired) electrons. The second-order valence-corrected chi connectivity index (χ2v) is 7.22. The Hall–Kier alpha value is -1.67. The first-order valence-electron chi connectivity index (χ1n) is 5.87. The predicted octanol–water partition coefficient (Wildman–Crippen LogP) is 2.18. The fourth-order valence-corrected chi connectivity index (χ4v) is 4.51. The maximum absolute atomic E-state index is 13.4. The lowest BCUT2D eigenvalue weighted by molar-refractivity contribution is 0.315. The third-order valence-electron chi connectivity index (χ3n) is 2.89. The van der Waals surface area contributed by atoms with Gasteiger partial charge in [0.2, 0.25) is 0 Å². The van der Waals surface area contributed by atoms with Crippen molar-refractivity contribution in [2.45, 2.75) is 11.1 Å². The van der Waals surface area contributed by atoms with Gasteiger partial charge in [-0.15, -0.1) is 0 Å². The molecule has 0 aliphatic carbocycles. The van der Waals surface area contributed by atoms with Gasteiger partial charge < -0.3 is 4.74 Å². The van der Waals surface area contributed by atoms with E-state index >= 15 is 0 Å². The van der Waals surface area contributed by atoms with E-state index in [1.165, 1.54) is 28.6 Å². The molecule has 0 unspecified atom stereocenters. The molecule has 2 aromatic rings. The van der Waals surface area contributed by atoms with Crippen molar-refractivity contribution in [2.24, 2.45) is 0 Å². The Kier molecular flexibility index (Phi) is 3.14. The zero-order valence-electron chi connectivity index (χ0n) is 10.5. The number of anilines is 1. The molecule has 5 nitrogen and oxygen atoms in total. The van der Waals surface area contributed by atoms with E-state index in [0.29, 0.717) is 11.4 Å². The summed E-state index contributed by atoms with van der Waals surface area (Å²) in [5.74, 6) is -0.141. The first-order valence-corrected chi connectivity index (χ1v) is 8.08. The van der Waals surface area contributed by atoms with Crippen LogP contribution in [-0.2, 0) is 10.0 Å². The van der Waals surface area contributed by atoms with E-state index in [-0.39, 0.29) is 23.0 Å². The van der Waals surface area contributed by atoms with Crippen LogP contribution in [0, 0.1) is 12.7 Å². The third-order valence-corrected chi connectivity index (χ3v) is 6.01. The number of hydrogen-bond acceptors (Lipinski definition) is 5. The highest BCUT2D eigenvalue weighted by Gasteiger charge is 2.31. The van der Waals surface area contributed by atoms with Crippen molar-refractivity contribution in [3.05, 3.63) is 35.8 Å². The van der Waals surface area contributed by atoms with Crippen LogP contribution < -0.4 is 9.04 Å². The number of rotatable bonds is 2. The maximum Gasteiger partial charge on any atom is 0.275 e. The molecule has 106 valence electrons. The number of nitrogens with zero attached hydrogens (tertiary/aromatic N) is 2. The van der Waals surface area contributed by atoms with E-state index in [9.17, 15) is 12.8 Å². The minimum absolute atomic E-state index is 0.145. The summed E-state index contributed by atoms with van der Waals surface area (Å²) in [6, 6.07) is 5.35. The number of fused-ring (bicyclic) bond motifs is 1. The molecule has 1 aromatic heterocycles. The van der Waals surface area contributed by atoms with Crippen LogP contribution in [0.15, 0.2) is 28.5 Å². The number of halogens is 1. The van der Waals surface area contributed by atoms with E-state index in [2.05, 4.69) is 4.37 Å². The molecule has 20 heavy (non-hydrogen) atoms. The van der Waals surface area contributed by atoms with Crippen LogP contribution in [0.4, 0.5) is 10.1 Å². The summed E-state index contributed by atoms with van der Waals surface area (Å²) in [6.45, 7) is 2.10. The zero-order chi connectivity index (χ0) is 14.3. The Morgan fingerprint density at radius 2 is 2.20 bits per heavy atom. The van der Waals surface area contributed by atoms with Crippen LogP contribution in [0.3, 0.4) is 0 Å². The quantitative estimate of drug-likeness (QED) is 0.852. The lowest BCUT2D eigenvalue weighted by Gasteiger charge is -2.29. The molecule has 0 atom stereocenters. The molecule has 0 amide bonds. The number of aryl methyl sites for hydroxylation is 1. The largest absolute Gasteiger partial charge is 0.489 e. The standard InChI is InChI=1S/C12H11FN2O3S2/c1-8-6-12(19-14-8)20(16,17)15-4-5-18-11-3-2-9(13)7-10(11)15/h2-3,6-7H,4-5H2,1H3. The van der Waals surface area contributed by atoms with Gasteiger partial charge in [0.1, 0.15) is 18.2 Å². The minimum Gasteiger partial charge on any atom is -0.489 e. The number of sulfonamides is 1. The molecule has 0 saturated carbocycles. The topological polar surface area (TPSA) is 59.5 Å². The van der Waals surface area contributed by atoms with Crippen molar-refractivity contribution in [3.8, 4) is 5.75 Å². The molecule has 3 rings (SSSR count). The average molecular weight is 314 g/mol. The molecule has 1 aliphatic rings. The number of ether oxygens (including phenoxy) is 1. The molecule has 1 aromatic carbocycles. The number of aromatic nitrogens is 1. The van der Waals surface area contributed by atoms with Gasteiger partial charge in [0.25, 0.3) is 10.0 Å². The predicted molar refractivity (Wildman–Crippen MR) is 73.3 cm³/mol. The summed E-state index contributed by atoms with van der Waals surface area (Å²) in [7, 11) is -3.73. The van der Waals surface area contributed by atoms with Crippen molar-refractivity contribution < 1.29 is 17.5 Å². The van der Waals surface area contributed by atoms with Gasteiger partial charge >= 0.3 is 0 Å². The SMILES string of the molecule is Cc1cc(S(=O)(=O)N2CCOc3ccc(F)cc32)sn1. The Morgan fingerprint density at radius 1 is 1.40 bits per heavy atom. The van der Waals surface area contributed by atoms with Gasteiger partial charge in [0.05, 0.1) is 17.9 Å². The molecule has 0 saturated heterocycles. The molecule has 2 heterocycles. The van der Waals surface area contributed by atoms with Crippen molar-refractivity contribution in [1.82, 2.24) is 4.37 Å². The number of hydrogen-bond donors (Lipinski definition) is 0. The van der Waals surface area contributed by atoms with E-state index < -0.39 is 15.8 Å². The van der Waals surface area contributed by atoms with Gasteiger partial charge in [-0.3, -0.25) is 4.31 Å². The molecule has 1 aliphatic heterocycles. The van der Waals surface area contributed by atoms with Gasteiger partial charge in [0.15, 0.2) is 4.21 Å². The van der Waals surface area contributed by atoms with Crippen LogP contribution >= 0.6 is 11.5 Å². The highest BCUT2D eigenvalue weighted by molar-refractivity contribution is 7.94. The van der Waals surface area contributed by atoms with E-state index in [0.717, 1.165) is 11.5 Å². The fourth-order valence-electron chi connectivity index (χ4n) is 1.99.